The first kappa shape index (κ1) is 11.8. The van der Waals surface area contributed by atoms with E-state index < -0.39 is 0 Å². The second-order valence-corrected chi connectivity index (χ2v) is 4.96. The molecule has 0 amide bonds. The first-order valence-corrected chi connectivity index (χ1v) is 6.54. The average molecular weight is 249 g/mol. The second kappa shape index (κ2) is 4.78. The van der Waals surface area contributed by atoms with Gasteiger partial charge in [0.1, 0.15) is 11.5 Å². The molecule has 0 aliphatic heterocycles. The van der Waals surface area contributed by atoms with Crippen molar-refractivity contribution in [2.75, 3.05) is 0 Å². The average Bonchev–Trinajstić information content (AvgIpc) is 2.85. The summed E-state index contributed by atoms with van der Waals surface area (Å²) in [5, 5.41) is 9.13. The molecule has 0 aromatic heterocycles. The van der Waals surface area contributed by atoms with Crippen LogP contribution in [0.1, 0.15) is 29.0 Å². The fourth-order valence-electron chi connectivity index (χ4n) is 2.58. The van der Waals surface area contributed by atoms with Crippen molar-refractivity contribution in [2.45, 2.75) is 25.7 Å². The molecule has 2 aromatic carbocycles. The smallest absolute Gasteiger partial charge is 0.130 e. The van der Waals surface area contributed by atoms with Crippen molar-refractivity contribution in [3.05, 3.63) is 59.2 Å². The van der Waals surface area contributed by atoms with Crippen LogP contribution in [0.3, 0.4) is 0 Å². The molecule has 0 saturated carbocycles. The van der Waals surface area contributed by atoms with Crippen LogP contribution in [0, 0.1) is 18.3 Å². The zero-order valence-corrected chi connectivity index (χ0v) is 10.9. The quantitative estimate of drug-likeness (QED) is 0.793. The van der Waals surface area contributed by atoms with Gasteiger partial charge in [-0.1, -0.05) is 29.8 Å². The van der Waals surface area contributed by atoms with E-state index >= 15 is 0 Å². The second-order valence-electron chi connectivity index (χ2n) is 4.96. The number of ether oxygens (including phenoxy) is 1. The number of fused-ring (bicyclic) bond motifs is 1. The van der Waals surface area contributed by atoms with Gasteiger partial charge in [-0.2, -0.15) is 5.26 Å². The minimum Gasteiger partial charge on any atom is -0.457 e. The summed E-state index contributed by atoms with van der Waals surface area (Å²) in [4.78, 5) is 0. The molecule has 2 nitrogen and oxygen atoms in total. The van der Waals surface area contributed by atoms with E-state index in [4.69, 9.17) is 10.00 Å². The predicted octanol–water partition coefficient (Wildman–Crippen LogP) is 4.34. The Morgan fingerprint density at radius 2 is 1.95 bits per heavy atom. The molecule has 19 heavy (non-hydrogen) atoms. The zero-order chi connectivity index (χ0) is 13.2. The van der Waals surface area contributed by atoms with Gasteiger partial charge in [0.25, 0.3) is 0 Å². The van der Waals surface area contributed by atoms with E-state index in [-0.39, 0.29) is 5.92 Å². The predicted molar refractivity (Wildman–Crippen MR) is 74.4 cm³/mol. The maximum Gasteiger partial charge on any atom is 0.130 e. The van der Waals surface area contributed by atoms with Gasteiger partial charge in [-0.25, -0.2) is 0 Å². The fourth-order valence-corrected chi connectivity index (χ4v) is 2.58. The fraction of sp³-hybridized carbons (Fsp3) is 0.235. The van der Waals surface area contributed by atoms with Crippen LogP contribution < -0.4 is 4.74 Å². The van der Waals surface area contributed by atoms with Gasteiger partial charge in [0.2, 0.25) is 0 Å². The van der Waals surface area contributed by atoms with Crippen molar-refractivity contribution < 1.29 is 4.74 Å². The summed E-state index contributed by atoms with van der Waals surface area (Å²) in [5.74, 6) is 1.76. The molecule has 0 fully saturated rings. The first-order chi connectivity index (χ1) is 9.28. The van der Waals surface area contributed by atoms with Gasteiger partial charge in [-0.15, -0.1) is 0 Å². The van der Waals surface area contributed by atoms with Crippen LogP contribution in [0.4, 0.5) is 0 Å². The van der Waals surface area contributed by atoms with Gasteiger partial charge in [-0.3, -0.25) is 0 Å². The van der Waals surface area contributed by atoms with Gasteiger partial charge in [0.15, 0.2) is 0 Å². The lowest BCUT2D eigenvalue weighted by atomic mass is 10.0. The summed E-state index contributed by atoms with van der Waals surface area (Å²) in [6.45, 7) is 2.06. The van der Waals surface area contributed by atoms with Crippen molar-refractivity contribution in [2.24, 2.45) is 0 Å². The summed E-state index contributed by atoms with van der Waals surface area (Å²) in [5.41, 5.74) is 3.54. The summed E-state index contributed by atoms with van der Waals surface area (Å²) in [6.07, 6.45) is 1.83. The summed E-state index contributed by atoms with van der Waals surface area (Å²) in [7, 11) is 0. The minimum atomic E-state index is 0.0246. The summed E-state index contributed by atoms with van der Waals surface area (Å²) >= 11 is 0. The molecule has 0 bridgehead atoms. The number of rotatable bonds is 2. The summed E-state index contributed by atoms with van der Waals surface area (Å²) < 4.78 is 5.96. The topological polar surface area (TPSA) is 33.0 Å². The first-order valence-electron chi connectivity index (χ1n) is 6.54. The molecule has 94 valence electrons. The normalized spacial score (nSPS) is 16.7. The van der Waals surface area contributed by atoms with Crippen LogP contribution in [0.5, 0.6) is 11.5 Å². The van der Waals surface area contributed by atoms with Crippen molar-refractivity contribution >= 4 is 0 Å². The molecule has 1 atom stereocenters. The SMILES string of the molecule is Cc1ccc(Oc2cccc3c2CCC3C#N)cc1. The van der Waals surface area contributed by atoms with Crippen molar-refractivity contribution in [3.8, 4) is 17.6 Å². The molecule has 0 N–H and O–H groups in total. The molecule has 1 aliphatic rings. The van der Waals surface area contributed by atoms with Gasteiger partial charge in [0.05, 0.1) is 12.0 Å². The van der Waals surface area contributed by atoms with E-state index in [2.05, 4.69) is 13.0 Å². The number of nitrogens with zero attached hydrogens (tertiary/aromatic N) is 1. The Morgan fingerprint density at radius 3 is 2.68 bits per heavy atom. The van der Waals surface area contributed by atoms with Gasteiger partial charge in [0, 0.05) is 0 Å². The Labute approximate surface area is 113 Å². The van der Waals surface area contributed by atoms with Crippen molar-refractivity contribution in [1.29, 1.82) is 5.26 Å². The molecule has 0 heterocycles. The highest BCUT2D eigenvalue weighted by molar-refractivity contribution is 5.49. The highest BCUT2D eigenvalue weighted by Gasteiger charge is 2.24. The van der Waals surface area contributed by atoms with Gasteiger partial charge in [-0.05, 0) is 49.1 Å². The molecule has 2 aromatic rings. The maximum absolute atomic E-state index is 9.13. The Bertz CT molecular complexity index is 637. The van der Waals surface area contributed by atoms with E-state index in [1.54, 1.807) is 0 Å². The Kier molecular flexibility index (Phi) is 2.97. The molecule has 1 aliphatic carbocycles. The number of hydrogen-bond donors (Lipinski definition) is 0. The van der Waals surface area contributed by atoms with Gasteiger partial charge < -0.3 is 4.74 Å². The van der Waals surface area contributed by atoms with Crippen molar-refractivity contribution in [3.63, 3.8) is 0 Å². The van der Waals surface area contributed by atoms with E-state index in [1.807, 2.05) is 42.5 Å². The number of aryl methyl sites for hydroxylation is 1. The van der Waals surface area contributed by atoms with Crippen molar-refractivity contribution in [1.82, 2.24) is 0 Å². The van der Waals surface area contributed by atoms with Crippen LogP contribution >= 0.6 is 0 Å². The van der Waals surface area contributed by atoms with Crippen LogP contribution in [0.15, 0.2) is 42.5 Å². The third-order valence-corrected chi connectivity index (χ3v) is 3.63. The van der Waals surface area contributed by atoms with Crippen LogP contribution in [0.25, 0.3) is 0 Å². The van der Waals surface area contributed by atoms with Crippen LogP contribution in [-0.2, 0) is 6.42 Å². The molecule has 3 rings (SSSR count). The van der Waals surface area contributed by atoms with E-state index in [0.29, 0.717) is 0 Å². The highest BCUT2D eigenvalue weighted by atomic mass is 16.5. The third-order valence-electron chi connectivity index (χ3n) is 3.63. The lowest BCUT2D eigenvalue weighted by Gasteiger charge is -2.11. The molecule has 0 radical (unpaired) electrons. The minimum absolute atomic E-state index is 0.0246. The lowest BCUT2D eigenvalue weighted by molar-refractivity contribution is 0.477. The lowest BCUT2D eigenvalue weighted by Crippen LogP contribution is -1.92. The van der Waals surface area contributed by atoms with Crippen LogP contribution in [-0.4, -0.2) is 0 Å². The Balaban J connectivity index is 1.93. The molecule has 0 saturated heterocycles. The molecule has 0 spiro atoms. The highest BCUT2D eigenvalue weighted by Crippen LogP contribution is 2.39. The Hall–Kier alpha value is -2.27. The third kappa shape index (κ3) is 2.20. The number of benzene rings is 2. The van der Waals surface area contributed by atoms with E-state index in [9.17, 15) is 0 Å². The van der Waals surface area contributed by atoms with E-state index in [0.717, 1.165) is 29.9 Å². The molecular weight excluding hydrogens is 234 g/mol. The standard InChI is InChI=1S/C17H15NO/c1-12-5-8-14(9-6-12)19-17-4-2-3-15-13(11-18)7-10-16(15)17/h2-6,8-9,13H,7,10H2,1H3. The monoisotopic (exact) mass is 249 g/mol. The van der Waals surface area contributed by atoms with Crippen LogP contribution in [0.2, 0.25) is 0 Å². The van der Waals surface area contributed by atoms with E-state index in [1.165, 1.54) is 11.1 Å². The number of nitriles is 1. The molecule has 2 heteroatoms. The molecular formula is C17H15NO. The maximum atomic E-state index is 9.13. The Morgan fingerprint density at radius 1 is 1.16 bits per heavy atom. The van der Waals surface area contributed by atoms with Gasteiger partial charge >= 0.3 is 0 Å². The number of hydrogen-bond acceptors (Lipinski definition) is 2. The summed E-state index contributed by atoms with van der Waals surface area (Å²) in [6, 6.07) is 16.4. The largest absolute Gasteiger partial charge is 0.457 e. The zero-order valence-electron chi connectivity index (χ0n) is 10.9. The molecule has 1 unspecified atom stereocenters.